The summed E-state index contributed by atoms with van der Waals surface area (Å²) in [7, 11) is 0. The van der Waals surface area contributed by atoms with E-state index in [0.29, 0.717) is 16.8 Å². The highest BCUT2D eigenvalue weighted by Crippen LogP contribution is 2.20. The van der Waals surface area contributed by atoms with Crippen molar-refractivity contribution in [3.05, 3.63) is 53.6 Å². The number of hydrogen-bond donors (Lipinski definition) is 2. The van der Waals surface area contributed by atoms with Gasteiger partial charge in [-0.05, 0) is 31.2 Å². The standard InChI is InChI=1S/C13H11FN2O2/c1-8-10(3-2-4-11(8)17)13(18)16-9-5-6-12(14)15-7-9/h2-7,17H,1H3,(H,16,18). The second-order valence-corrected chi connectivity index (χ2v) is 3.77. The fourth-order valence-electron chi connectivity index (χ4n) is 1.52. The van der Waals surface area contributed by atoms with E-state index in [0.717, 1.165) is 6.07 Å². The van der Waals surface area contributed by atoms with Gasteiger partial charge < -0.3 is 10.4 Å². The van der Waals surface area contributed by atoms with Crippen molar-refractivity contribution in [1.82, 2.24) is 4.98 Å². The normalized spacial score (nSPS) is 10.1. The lowest BCUT2D eigenvalue weighted by atomic mass is 10.1. The van der Waals surface area contributed by atoms with E-state index in [9.17, 15) is 14.3 Å². The molecule has 0 aliphatic rings. The van der Waals surface area contributed by atoms with E-state index in [1.165, 1.54) is 18.3 Å². The van der Waals surface area contributed by atoms with Gasteiger partial charge in [-0.1, -0.05) is 6.07 Å². The second-order valence-electron chi connectivity index (χ2n) is 3.77. The maximum absolute atomic E-state index is 12.6. The molecular formula is C13H11FN2O2. The molecule has 2 N–H and O–H groups in total. The van der Waals surface area contributed by atoms with E-state index < -0.39 is 5.95 Å². The number of hydrogen-bond acceptors (Lipinski definition) is 3. The Kier molecular flexibility index (Phi) is 3.23. The van der Waals surface area contributed by atoms with Gasteiger partial charge in [-0.2, -0.15) is 4.39 Å². The summed E-state index contributed by atoms with van der Waals surface area (Å²) in [6.07, 6.45) is 1.23. The number of rotatable bonds is 2. The van der Waals surface area contributed by atoms with Gasteiger partial charge in [0.15, 0.2) is 0 Å². The van der Waals surface area contributed by atoms with Crippen molar-refractivity contribution in [1.29, 1.82) is 0 Å². The number of amides is 1. The third-order valence-corrected chi connectivity index (χ3v) is 2.54. The van der Waals surface area contributed by atoms with Crippen molar-refractivity contribution in [2.24, 2.45) is 0 Å². The van der Waals surface area contributed by atoms with Crippen LogP contribution in [0.25, 0.3) is 0 Å². The van der Waals surface area contributed by atoms with Crippen LogP contribution >= 0.6 is 0 Å². The Balaban J connectivity index is 2.22. The fraction of sp³-hybridized carbons (Fsp3) is 0.0769. The maximum atomic E-state index is 12.6. The van der Waals surface area contributed by atoms with Gasteiger partial charge in [-0.25, -0.2) is 4.98 Å². The van der Waals surface area contributed by atoms with Crippen LogP contribution in [0.4, 0.5) is 10.1 Å². The number of nitrogens with zero attached hydrogens (tertiary/aromatic N) is 1. The molecule has 1 amide bonds. The molecule has 2 rings (SSSR count). The lowest BCUT2D eigenvalue weighted by Crippen LogP contribution is -2.13. The summed E-state index contributed by atoms with van der Waals surface area (Å²) in [4.78, 5) is 15.4. The minimum Gasteiger partial charge on any atom is -0.508 e. The Labute approximate surface area is 103 Å². The van der Waals surface area contributed by atoms with Crippen LogP contribution in [0.5, 0.6) is 5.75 Å². The molecule has 4 nitrogen and oxygen atoms in total. The fourth-order valence-corrected chi connectivity index (χ4v) is 1.52. The molecule has 2 aromatic rings. The highest BCUT2D eigenvalue weighted by molar-refractivity contribution is 6.05. The zero-order chi connectivity index (χ0) is 13.1. The molecule has 1 heterocycles. The number of carbonyl (C=O) groups excluding carboxylic acids is 1. The molecule has 0 atom stereocenters. The van der Waals surface area contributed by atoms with E-state index in [4.69, 9.17) is 0 Å². The van der Waals surface area contributed by atoms with Crippen LogP contribution in [0.2, 0.25) is 0 Å². The molecule has 0 aliphatic carbocycles. The van der Waals surface area contributed by atoms with Crippen molar-refractivity contribution >= 4 is 11.6 Å². The number of benzene rings is 1. The lowest BCUT2D eigenvalue weighted by Gasteiger charge is -2.08. The van der Waals surface area contributed by atoms with Crippen LogP contribution in [-0.2, 0) is 0 Å². The first-order valence-corrected chi connectivity index (χ1v) is 5.29. The van der Waals surface area contributed by atoms with Crippen molar-refractivity contribution < 1.29 is 14.3 Å². The highest BCUT2D eigenvalue weighted by Gasteiger charge is 2.11. The number of phenolic OH excluding ortho intramolecular Hbond substituents is 1. The van der Waals surface area contributed by atoms with Crippen LogP contribution in [0.1, 0.15) is 15.9 Å². The number of carbonyl (C=O) groups is 1. The Morgan fingerprint density at radius 3 is 2.78 bits per heavy atom. The third-order valence-electron chi connectivity index (χ3n) is 2.54. The molecule has 0 saturated heterocycles. The average molecular weight is 246 g/mol. The monoisotopic (exact) mass is 246 g/mol. The molecule has 0 spiro atoms. The summed E-state index contributed by atoms with van der Waals surface area (Å²) in [5.41, 5.74) is 1.24. The molecule has 92 valence electrons. The van der Waals surface area contributed by atoms with Gasteiger partial charge >= 0.3 is 0 Å². The third kappa shape index (κ3) is 2.45. The predicted octanol–water partition coefficient (Wildman–Crippen LogP) is 2.49. The number of halogens is 1. The Morgan fingerprint density at radius 1 is 1.33 bits per heavy atom. The first-order valence-electron chi connectivity index (χ1n) is 5.29. The van der Waals surface area contributed by atoms with E-state index in [1.54, 1.807) is 19.1 Å². The molecular weight excluding hydrogens is 235 g/mol. The molecule has 1 aromatic carbocycles. The predicted molar refractivity (Wildman–Crippen MR) is 65.0 cm³/mol. The maximum Gasteiger partial charge on any atom is 0.256 e. The van der Waals surface area contributed by atoms with Crippen molar-refractivity contribution in [3.63, 3.8) is 0 Å². The number of anilines is 1. The molecule has 0 bridgehead atoms. The van der Waals surface area contributed by atoms with Crippen LogP contribution in [0.3, 0.4) is 0 Å². The molecule has 1 aromatic heterocycles. The van der Waals surface area contributed by atoms with E-state index in [2.05, 4.69) is 10.3 Å². The SMILES string of the molecule is Cc1c(O)cccc1C(=O)Nc1ccc(F)nc1. The number of pyridine rings is 1. The van der Waals surface area contributed by atoms with E-state index in [1.807, 2.05) is 0 Å². The van der Waals surface area contributed by atoms with Gasteiger partial charge in [0.2, 0.25) is 5.95 Å². The average Bonchev–Trinajstić information content (AvgIpc) is 2.35. The zero-order valence-corrected chi connectivity index (χ0v) is 9.64. The minimum absolute atomic E-state index is 0.0554. The minimum atomic E-state index is -0.610. The Morgan fingerprint density at radius 2 is 2.11 bits per heavy atom. The number of aromatic hydroxyl groups is 1. The number of nitrogens with one attached hydrogen (secondary N) is 1. The van der Waals surface area contributed by atoms with Gasteiger partial charge in [0, 0.05) is 11.1 Å². The molecule has 0 saturated carbocycles. The lowest BCUT2D eigenvalue weighted by molar-refractivity contribution is 0.102. The van der Waals surface area contributed by atoms with E-state index >= 15 is 0 Å². The van der Waals surface area contributed by atoms with Crippen LogP contribution in [0, 0.1) is 12.9 Å². The Bertz CT molecular complexity index is 582. The molecule has 0 unspecified atom stereocenters. The van der Waals surface area contributed by atoms with Crippen molar-refractivity contribution in [3.8, 4) is 5.75 Å². The molecule has 18 heavy (non-hydrogen) atoms. The van der Waals surface area contributed by atoms with Gasteiger partial charge in [0.05, 0.1) is 11.9 Å². The topological polar surface area (TPSA) is 62.2 Å². The summed E-state index contributed by atoms with van der Waals surface area (Å²) in [6, 6.07) is 7.26. The summed E-state index contributed by atoms with van der Waals surface area (Å²) in [5.74, 6) is -0.932. The van der Waals surface area contributed by atoms with Crippen LogP contribution in [0.15, 0.2) is 36.5 Å². The summed E-state index contributed by atoms with van der Waals surface area (Å²) in [6.45, 7) is 1.65. The first kappa shape index (κ1) is 12.0. The number of aromatic nitrogens is 1. The van der Waals surface area contributed by atoms with Gasteiger partial charge in [0.25, 0.3) is 5.91 Å². The van der Waals surface area contributed by atoms with Crippen molar-refractivity contribution in [2.45, 2.75) is 6.92 Å². The van der Waals surface area contributed by atoms with Crippen molar-refractivity contribution in [2.75, 3.05) is 5.32 Å². The Hall–Kier alpha value is -2.43. The van der Waals surface area contributed by atoms with Gasteiger partial charge in [0.1, 0.15) is 5.75 Å². The summed E-state index contributed by atoms with van der Waals surface area (Å²) >= 11 is 0. The molecule has 0 aliphatic heterocycles. The quantitative estimate of drug-likeness (QED) is 0.800. The van der Waals surface area contributed by atoms with Crippen LogP contribution in [-0.4, -0.2) is 16.0 Å². The van der Waals surface area contributed by atoms with Gasteiger partial charge in [-0.3, -0.25) is 4.79 Å². The summed E-state index contributed by atoms with van der Waals surface area (Å²) in [5, 5.41) is 12.1. The molecule has 0 radical (unpaired) electrons. The van der Waals surface area contributed by atoms with Crippen LogP contribution < -0.4 is 5.32 Å². The zero-order valence-electron chi connectivity index (χ0n) is 9.64. The second kappa shape index (κ2) is 4.83. The smallest absolute Gasteiger partial charge is 0.256 e. The largest absolute Gasteiger partial charge is 0.508 e. The highest BCUT2D eigenvalue weighted by atomic mass is 19.1. The molecule has 5 heteroatoms. The van der Waals surface area contributed by atoms with Gasteiger partial charge in [-0.15, -0.1) is 0 Å². The molecule has 0 fully saturated rings. The summed E-state index contributed by atoms with van der Waals surface area (Å²) < 4.78 is 12.6. The number of phenols is 1. The first-order chi connectivity index (χ1) is 8.58. The van der Waals surface area contributed by atoms with E-state index in [-0.39, 0.29) is 11.7 Å².